The SMILES string of the molecule is O=C1CN(C/C=C/Cl)C(=O)C(C2CC2)N1. The quantitative estimate of drug-likeness (QED) is 0.764. The Bertz CT molecular complexity index is 313. The summed E-state index contributed by atoms with van der Waals surface area (Å²) in [4.78, 5) is 24.8. The van der Waals surface area contributed by atoms with Crippen LogP contribution < -0.4 is 5.32 Å². The van der Waals surface area contributed by atoms with Crippen LogP contribution in [-0.4, -0.2) is 35.8 Å². The largest absolute Gasteiger partial charge is 0.342 e. The molecule has 1 heterocycles. The van der Waals surface area contributed by atoms with Crippen molar-refractivity contribution >= 4 is 23.4 Å². The summed E-state index contributed by atoms with van der Waals surface area (Å²) >= 11 is 5.40. The summed E-state index contributed by atoms with van der Waals surface area (Å²) in [6.07, 6.45) is 3.74. The fraction of sp³-hybridized carbons (Fsp3) is 0.600. The first-order valence-electron chi connectivity index (χ1n) is 5.05. The predicted molar refractivity (Wildman–Crippen MR) is 56.2 cm³/mol. The number of hydrogen-bond donors (Lipinski definition) is 1. The highest BCUT2D eigenvalue weighted by atomic mass is 35.5. The highest BCUT2D eigenvalue weighted by Crippen LogP contribution is 2.34. The van der Waals surface area contributed by atoms with Gasteiger partial charge in [-0.3, -0.25) is 9.59 Å². The average Bonchev–Trinajstić information content (AvgIpc) is 3.02. The molecule has 0 bridgehead atoms. The van der Waals surface area contributed by atoms with Crippen molar-refractivity contribution < 1.29 is 9.59 Å². The summed E-state index contributed by atoms with van der Waals surface area (Å²) in [7, 11) is 0. The Labute approximate surface area is 93.3 Å². The van der Waals surface area contributed by atoms with Crippen LogP contribution in [0.4, 0.5) is 0 Å². The molecule has 1 aliphatic heterocycles. The van der Waals surface area contributed by atoms with Gasteiger partial charge in [-0.25, -0.2) is 0 Å². The molecule has 15 heavy (non-hydrogen) atoms. The van der Waals surface area contributed by atoms with E-state index >= 15 is 0 Å². The zero-order valence-corrected chi connectivity index (χ0v) is 9.04. The molecule has 2 amide bonds. The first-order chi connectivity index (χ1) is 7.22. The van der Waals surface area contributed by atoms with Crippen molar-refractivity contribution in [3.8, 4) is 0 Å². The van der Waals surface area contributed by atoms with Crippen molar-refractivity contribution in [2.75, 3.05) is 13.1 Å². The number of amides is 2. The van der Waals surface area contributed by atoms with Crippen LogP contribution in [-0.2, 0) is 9.59 Å². The van der Waals surface area contributed by atoms with Gasteiger partial charge in [0.25, 0.3) is 0 Å². The molecule has 2 fully saturated rings. The Morgan fingerprint density at radius 1 is 1.47 bits per heavy atom. The van der Waals surface area contributed by atoms with E-state index in [0.717, 1.165) is 12.8 Å². The number of hydrogen-bond acceptors (Lipinski definition) is 2. The number of carbonyl (C=O) groups excluding carboxylic acids is 2. The fourth-order valence-electron chi connectivity index (χ4n) is 1.80. The Kier molecular flexibility index (Phi) is 2.95. The molecular formula is C10H13ClN2O2. The van der Waals surface area contributed by atoms with Crippen molar-refractivity contribution in [3.63, 3.8) is 0 Å². The van der Waals surface area contributed by atoms with Crippen molar-refractivity contribution in [2.24, 2.45) is 5.92 Å². The number of carbonyl (C=O) groups is 2. The van der Waals surface area contributed by atoms with Gasteiger partial charge in [0, 0.05) is 12.1 Å². The molecule has 5 heteroatoms. The molecular weight excluding hydrogens is 216 g/mol. The Morgan fingerprint density at radius 3 is 2.80 bits per heavy atom. The minimum Gasteiger partial charge on any atom is -0.342 e. The highest BCUT2D eigenvalue weighted by molar-refractivity contribution is 6.25. The van der Waals surface area contributed by atoms with E-state index in [1.54, 1.807) is 11.0 Å². The normalized spacial score (nSPS) is 27.3. The highest BCUT2D eigenvalue weighted by Gasteiger charge is 2.42. The maximum Gasteiger partial charge on any atom is 0.246 e. The molecule has 1 saturated heterocycles. The van der Waals surface area contributed by atoms with Crippen LogP contribution in [0.25, 0.3) is 0 Å². The zero-order valence-electron chi connectivity index (χ0n) is 8.28. The molecule has 1 saturated carbocycles. The Balaban J connectivity index is 2.03. The van der Waals surface area contributed by atoms with E-state index in [0.29, 0.717) is 12.5 Å². The summed E-state index contributed by atoms with van der Waals surface area (Å²) in [5.74, 6) is 0.297. The Morgan fingerprint density at radius 2 is 2.20 bits per heavy atom. The second-order valence-corrected chi connectivity index (χ2v) is 4.22. The van der Waals surface area contributed by atoms with Crippen LogP contribution in [0.3, 0.4) is 0 Å². The molecule has 4 nitrogen and oxygen atoms in total. The second-order valence-electron chi connectivity index (χ2n) is 3.96. The molecule has 1 atom stereocenters. The van der Waals surface area contributed by atoms with Crippen LogP contribution in [0.2, 0.25) is 0 Å². The number of nitrogens with zero attached hydrogens (tertiary/aromatic N) is 1. The van der Waals surface area contributed by atoms with Crippen LogP contribution in [0.5, 0.6) is 0 Å². The first-order valence-corrected chi connectivity index (χ1v) is 5.49. The lowest BCUT2D eigenvalue weighted by Crippen LogP contribution is -2.58. The molecule has 0 spiro atoms. The standard InChI is InChI=1S/C10H13ClN2O2/c11-4-1-5-13-6-8(14)12-9(10(13)15)7-2-3-7/h1,4,7,9H,2-3,5-6H2,(H,12,14)/b4-1+. The van der Waals surface area contributed by atoms with Crippen LogP contribution in [0, 0.1) is 5.92 Å². The maximum absolute atomic E-state index is 11.9. The molecule has 2 rings (SSSR count). The van der Waals surface area contributed by atoms with Crippen LogP contribution in [0.15, 0.2) is 11.6 Å². The van der Waals surface area contributed by atoms with Gasteiger partial charge in [0.05, 0.1) is 6.54 Å². The minimum atomic E-state index is -0.296. The minimum absolute atomic E-state index is 0.0202. The summed E-state index contributed by atoms with van der Waals surface area (Å²) < 4.78 is 0. The fourth-order valence-corrected chi connectivity index (χ4v) is 1.88. The van der Waals surface area contributed by atoms with Gasteiger partial charge in [0.15, 0.2) is 0 Å². The number of halogens is 1. The molecule has 1 aliphatic carbocycles. The number of rotatable bonds is 3. The lowest BCUT2D eigenvalue weighted by molar-refractivity contribution is -0.144. The molecule has 0 radical (unpaired) electrons. The molecule has 0 aromatic heterocycles. The van der Waals surface area contributed by atoms with E-state index in [9.17, 15) is 9.59 Å². The summed E-state index contributed by atoms with van der Waals surface area (Å²) in [6, 6.07) is -0.296. The third-order valence-electron chi connectivity index (χ3n) is 2.74. The van der Waals surface area contributed by atoms with Gasteiger partial charge in [-0.15, -0.1) is 0 Å². The summed E-state index contributed by atoms with van der Waals surface area (Å²) in [6.45, 7) is 0.558. The van der Waals surface area contributed by atoms with E-state index in [1.807, 2.05) is 0 Å². The van der Waals surface area contributed by atoms with Gasteiger partial charge in [0.2, 0.25) is 11.8 Å². The van der Waals surface area contributed by atoms with Crippen LogP contribution in [0.1, 0.15) is 12.8 Å². The smallest absolute Gasteiger partial charge is 0.246 e. The van der Waals surface area contributed by atoms with E-state index < -0.39 is 0 Å². The summed E-state index contributed by atoms with van der Waals surface area (Å²) in [5, 5.41) is 2.75. The third kappa shape index (κ3) is 2.31. The van der Waals surface area contributed by atoms with Gasteiger partial charge in [0.1, 0.15) is 6.04 Å². The first kappa shape index (κ1) is 10.5. The van der Waals surface area contributed by atoms with Crippen molar-refractivity contribution in [3.05, 3.63) is 11.6 Å². The van der Waals surface area contributed by atoms with Crippen molar-refractivity contribution in [2.45, 2.75) is 18.9 Å². The van der Waals surface area contributed by atoms with Crippen molar-refractivity contribution in [1.29, 1.82) is 0 Å². The molecule has 0 aromatic rings. The maximum atomic E-state index is 11.9. The second kappa shape index (κ2) is 4.23. The predicted octanol–water partition coefficient (Wildman–Crippen LogP) is 0.476. The summed E-state index contributed by atoms with van der Waals surface area (Å²) in [5.41, 5.74) is 1.37. The zero-order chi connectivity index (χ0) is 10.8. The lowest BCUT2D eigenvalue weighted by Gasteiger charge is -2.31. The van der Waals surface area contributed by atoms with E-state index in [1.165, 1.54) is 5.54 Å². The van der Waals surface area contributed by atoms with E-state index in [-0.39, 0.29) is 24.4 Å². The van der Waals surface area contributed by atoms with Gasteiger partial charge in [-0.1, -0.05) is 17.7 Å². The van der Waals surface area contributed by atoms with Crippen LogP contribution >= 0.6 is 11.6 Å². The van der Waals surface area contributed by atoms with Crippen molar-refractivity contribution in [1.82, 2.24) is 10.2 Å². The van der Waals surface area contributed by atoms with Gasteiger partial charge < -0.3 is 10.2 Å². The average molecular weight is 229 g/mol. The number of piperazine rings is 1. The van der Waals surface area contributed by atoms with Gasteiger partial charge in [-0.2, -0.15) is 0 Å². The van der Waals surface area contributed by atoms with Gasteiger partial charge in [-0.05, 0) is 18.8 Å². The topological polar surface area (TPSA) is 49.4 Å². The van der Waals surface area contributed by atoms with E-state index in [4.69, 9.17) is 11.6 Å². The van der Waals surface area contributed by atoms with Gasteiger partial charge >= 0.3 is 0 Å². The third-order valence-corrected chi connectivity index (χ3v) is 2.92. The lowest BCUT2D eigenvalue weighted by atomic mass is 10.1. The molecule has 2 aliphatic rings. The number of nitrogens with one attached hydrogen (secondary N) is 1. The monoisotopic (exact) mass is 228 g/mol. The molecule has 82 valence electrons. The van der Waals surface area contributed by atoms with E-state index in [2.05, 4.69) is 5.32 Å². The Hall–Kier alpha value is -1.03. The molecule has 0 aromatic carbocycles. The molecule has 1 N–H and O–H groups in total. The molecule has 1 unspecified atom stereocenters.